The minimum Gasteiger partial charge on any atom is -0.310 e. The van der Waals surface area contributed by atoms with Crippen LogP contribution in [-0.2, 0) is 16.2 Å². The average molecular weight is 840 g/mol. The number of para-hydroxylation sites is 1. The van der Waals surface area contributed by atoms with Crippen LogP contribution in [0.4, 0.5) is 17.1 Å². The summed E-state index contributed by atoms with van der Waals surface area (Å²) in [5, 5.41) is 0. The molecule has 1 heteroatoms. The SMILES string of the molecule is CC1(C)c2ccccc2C2(c3ccccc3-c3ccccc32)c2ccc(-c3cccc(N(c4ccccc4)c4cccc5c4-c4ccccc4C54c5ccccc5-c5ccccc54)c3)cc21. The molecule has 14 rings (SSSR count). The Kier molecular flexibility index (Phi) is 7.66. The second-order valence-electron chi connectivity index (χ2n) is 19.1. The van der Waals surface area contributed by atoms with E-state index < -0.39 is 10.8 Å². The number of anilines is 3. The maximum atomic E-state index is 2.51. The molecule has 0 N–H and O–H groups in total. The van der Waals surface area contributed by atoms with Crippen molar-refractivity contribution in [2.75, 3.05) is 4.90 Å². The number of rotatable bonds is 4. The van der Waals surface area contributed by atoms with Crippen molar-refractivity contribution in [3.05, 3.63) is 292 Å². The first-order chi connectivity index (χ1) is 32.5. The first-order valence-corrected chi connectivity index (χ1v) is 23.3. The Morgan fingerprint density at radius 2 is 0.682 bits per heavy atom. The molecule has 0 atom stereocenters. The van der Waals surface area contributed by atoms with Gasteiger partial charge < -0.3 is 4.90 Å². The van der Waals surface area contributed by atoms with Gasteiger partial charge in [0.05, 0.1) is 16.5 Å². The molecule has 0 unspecified atom stereocenters. The Morgan fingerprint density at radius 3 is 1.27 bits per heavy atom. The molecule has 10 aromatic carbocycles. The van der Waals surface area contributed by atoms with E-state index in [1.807, 2.05) is 0 Å². The fraction of sp³-hybridized carbons (Fsp3) is 0.0769. The molecule has 4 aliphatic carbocycles. The average Bonchev–Trinajstić information content (AvgIpc) is 3.97. The highest BCUT2D eigenvalue weighted by Gasteiger charge is 2.54. The van der Waals surface area contributed by atoms with E-state index in [1.54, 1.807) is 0 Å². The van der Waals surface area contributed by atoms with E-state index in [1.165, 1.54) is 106 Å². The van der Waals surface area contributed by atoms with Crippen LogP contribution in [0.2, 0.25) is 0 Å². The van der Waals surface area contributed by atoms with E-state index in [2.05, 4.69) is 255 Å². The molecule has 10 aromatic rings. The normalized spacial score (nSPS) is 15.2. The molecule has 0 heterocycles. The third kappa shape index (κ3) is 4.64. The van der Waals surface area contributed by atoms with Gasteiger partial charge in [-0.15, -0.1) is 0 Å². The Balaban J connectivity index is 0.974. The van der Waals surface area contributed by atoms with Gasteiger partial charge in [0, 0.05) is 22.4 Å². The lowest BCUT2D eigenvalue weighted by molar-refractivity contribution is 0.563. The van der Waals surface area contributed by atoms with Crippen molar-refractivity contribution in [3.63, 3.8) is 0 Å². The van der Waals surface area contributed by atoms with E-state index in [0.717, 1.165) is 11.4 Å². The summed E-state index contributed by atoms with van der Waals surface area (Å²) in [4.78, 5) is 2.49. The minimum atomic E-state index is -0.425. The van der Waals surface area contributed by atoms with Crippen LogP contribution in [-0.4, -0.2) is 0 Å². The van der Waals surface area contributed by atoms with Crippen molar-refractivity contribution >= 4 is 17.1 Å². The molecule has 66 heavy (non-hydrogen) atoms. The van der Waals surface area contributed by atoms with Crippen LogP contribution in [0, 0.1) is 0 Å². The maximum absolute atomic E-state index is 2.51. The van der Waals surface area contributed by atoms with Crippen LogP contribution in [0.3, 0.4) is 0 Å². The van der Waals surface area contributed by atoms with E-state index in [4.69, 9.17) is 0 Å². The van der Waals surface area contributed by atoms with Crippen LogP contribution < -0.4 is 4.90 Å². The summed E-state index contributed by atoms with van der Waals surface area (Å²) in [7, 11) is 0. The lowest BCUT2D eigenvalue weighted by Gasteiger charge is -2.46. The molecular weight excluding hydrogens is 795 g/mol. The Bertz CT molecular complexity index is 3550. The van der Waals surface area contributed by atoms with Crippen LogP contribution in [0.15, 0.2) is 237 Å². The van der Waals surface area contributed by atoms with Gasteiger partial charge in [-0.2, -0.15) is 0 Å². The van der Waals surface area contributed by atoms with Gasteiger partial charge in [0.15, 0.2) is 0 Å². The summed E-state index contributed by atoms with van der Waals surface area (Å²) < 4.78 is 0. The third-order valence-electron chi connectivity index (χ3n) is 15.7. The summed E-state index contributed by atoms with van der Waals surface area (Å²) >= 11 is 0. The number of nitrogens with zero attached hydrogens (tertiary/aromatic N) is 1. The van der Waals surface area contributed by atoms with Crippen LogP contribution >= 0.6 is 0 Å². The van der Waals surface area contributed by atoms with E-state index in [9.17, 15) is 0 Å². The Morgan fingerprint density at radius 1 is 0.273 bits per heavy atom. The van der Waals surface area contributed by atoms with Gasteiger partial charge in [-0.3, -0.25) is 0 Å². The van der Waals surface area contributed by atoms with Crippen molar-refractivity contribution in [2.45, 2.75) is 30.1 Å². The fourth-order valence-corrected chi connectivity index (χ4v) is 13.2. The molecule has 0 radical (unpaired) electrons. The van der Waals surface area contributed by atoms with Gasteiger partial charge in [0.2, 0.25) is 0 Å². The van der Waals surface area contributed by atoms with Crippen LogP contribution in [0.25, 0.3) is 44.5 Å². The molecule has 4 aliphatic rings. The second kappa shape index (κ2) is 13.5. The van der Waals surface area contributed by atoms with Crippen LogP contribution in [0.5, 0.6) is 0 Å². The number of fused-ring (bicyclic) bond motifs is 19. The quantitative estimate of drug-likeness (QED) is 0.171. The Hall–Kier alpha value is -8.00. The molecule has 0 saturated heterocycles. The molecule has 0 aromatic heterocycles. The van der Waals surface area contributed by atoms with E-state index in [-0.39, 0.29) is 5.41 Å². The molecule has 1 nitrogen and oxygen atoms in total. The van der Waals surface area contributed by atoms with Crippen LogP contribution in [0.1, 0.15) is 69.5 Å². The predicted octanol–water partition coefficient (Wildman–Crippen LogP) is 16.2. The van der Waals surface area contributed by atoms with Crippen molar-refractivity contribution in [1.82, 2.24) is 0 Å². The highest BCUT2D eigenvalue weighted by atomic mass is 15.1. The third-order valence-corrected chi connectivity index (χ3v) is 15.7. The zero-order valence-corrected chi connectivity index (χ0v) is 37.0. The van der Waals surface area contributed by atoms with Gasteiger partial charge >= 0.3 is 0 Å². The fourth-order valence-electron chi connectivity index (χ4n) is 13.2. The zero-order chi connectivity index (χ0) is 43.8. The molecular formula is C65H45N. The Labute approximate surface area is 387 Å². The highest BCUT2D eigenvalue weighted by molar-refractivity contribution is 6.01. The van der Waals surface area contributed by atoms with Gasteiger partial charge in [0.25, 0.3) is 0 Å². The molecule has 0 fully saturated rings. The lowest BCUT2D eigenvalue weighted by atomic mass is 9.55. The van der Waals surface area contributed by atoms with Gasteiger partial charge in [0.1, 0.15) is 0 Å². The maximum Gasteiger partial charge on any atom is 0.0726 e. The van der Waals surface area contributed by atoms with Gasteiger partial charge in [-0.25, -0.2) is 0 Å². The molecule has 0 bridgehead atoms. The minimum absolute atomic E-state index is 0.237. The number of hydrogen-bond donors (Lipinski definition) is 0. The van der Waals surface area contributed by atoms with Gasteiger partial charge in [-0.1, -0.05) is 214 Å². The van der Waals surface area contributed by atoms with Gasteiger partial charge in [-0.05, 0) is 131 Å². The molecule has 0 amide bonds. The zero-order valence-electron chi connectivity index (χ0n) is 37.0. The molecule has 2 spiro atoms. The summed E-state index contributed by atoms with van der Waals surface area (Å²) in [6.07, 6.45) is 0. The summed E-state index contributed by atoms with van der Waals surface area (Å²) in [5.41, 5.74) is 26.2. The van der Waals surface area contributed by atoms with Crippen molar-refractivity contribution < 1.29 is 0 Å². The van der Waals surface area contributed by atoms with Crippen molar-refractivity contribution in [3.8, 4) is 44.5 Å². The summed E-state index contributed by atoms with van der Waals surface area (Å²) in [6, 6.07) is 89.2. The topological polar surface area (TPSA) is 3.24 Å². The van der Waals surface area contributed by atoms with Crippen molar-refractivity contribution in [2.24, 2.45) is 0 Å². The largest absolute Gasteiger partial charge is 0.310 e. The summed E-state index contributed by atoms with van der Waals surface area (Å²) in [6.45, 7) is 4.84. The first-order valence-electron chi connectivity index (χ1n) is 23.3. The van der Waals surface area contributed by atoms with Crippen molar-refractivity contribution in [1.29, 1.82) is 0 Å². The molecule has 310 valence electrons. The number of hydrogen-bond acceptors (Lipinski definition) is 1. The van der Waals surface area contributed by atoms with E-state index in [0.29, 0.717) is 0 Å². The summed E-state index contributed by atoms with van der Waals surface area (Å²) in [5.74, 6) is 0. The first kappa shape index (κ1) is 37.4. The monoisotopic (exact) mass is 839 g/mol. The standard InChI is InChI=1S/C65H45N/c1-63(2)56-34-16-17-35-57(56)65(53-31-13-8-26-48(53)49-27-9-14-32-54(49)65)58-39-38-43(41-60(58)63)42-20-18-23-45(40-42)66(44-21-4-3-5-22-44)61-37-19-36-59-62(61)50-28-10-15-33-55(50)64(59)51-29-11-6-24-46(51)47-25-7-12-30-52(47)64/h3-41H,1-2H3. The second-order valence-corrected chi connectivity index (χ2v) is 19.1. The smallest absolute Gasteiger partial charge is 0.0726 e. The van der Waals surface area contributed by atoms with E-state index >= 15 is 0 Å². The molecule has 0 saturated carbocycles. The highest BCUT2D eigenvalue weighted by Crippen LogP contribution is 2.65. The number of benzene rings is 10. The lowest BCUT2D eigenvalue weighted by Crippen LogP contribution is -2.40. The predicted molar refractivity (Wildman–Crippen MR) is 272 cm³/mol. The molecule has 0 aliphatic heterocycles.